The Bertz CT molecular complexity index is 657. The molecule has 2 N–H and O–H groups in total. The summed E-state index contributed by atoms with van der Waals surface area (Å²) in [5.41, 5.74) is 1.71. The van der Waals surface area contributed by atoms with E-state index in [1.165, 1.54) is 11.8 Å². The monoisotopic (exact) mass is 353 g/mol. The lowest BCUT2D eigenvalue weighted by molar-refractivity contribution is -0.141. The van der Waals surface area contributed by atoms with Gasteiger partial charge in [-0.1, -0.05) is 52.0 Å². The number of halogens is 3. The van der Waals surface area contributed by atoms with Gasteiger partial charge >= 0.3 is 6.18 Å². The number of hydrogen-bond donors (Lipinski definition) is 2. The average molecular weight is 353 g/mol. The van der Waals surface area contributed by atoms with Gasteiger partial charge in [-0.15, -0.1) is 0 Å². The second-order valence-electron chi connectivity index (χ2n) is 7.21. The zero-order chi connectivity index (χ0) is 18.6. The van der Waals surface area contributed by atoms with Crippen LogP contribution in [0.2, 0.25) is 0 Å². The van der Waals surface area contributed by atoms with Crippen molar-refractivity contribution in [3.63, 3.8) is 0 Å². The van der Waals surface area contributed by atoms with E-state index in [4.69, 9.17) is 0 Å². The molecule has 0 aliphatic heterocycles. The van der Waals surface area contributed by atoms with Crippen molar-refractivity contribution in [1.29, 1.82) is 0 Å². The number of hydrogen-bond acceptors (Lipinski definition) is 2. The van der Waals surface area contributed by atoms with Crippen LogP contribution in [0.4, 0.5) is 13.2 Å². The van der Waals surface area contributed by atoms with Crippen LogP contribution in [0.25, 0.3) is 0 Å². The van der Waals surface area contributed by atoms with E-state index in [1.807, 2.05) is 5.10 Å². The molecule has 0 aliphatic rings. The van der Waals surface area contributed by atoms with Crippen molar-refractivity contribution in [2.45, 2.75) is 52.9 Å². The Balaban J connectivity index is 2.10. The molecule has 0 saturated heterocycles. The fourth-order valence-corrected chi connectivity index (χ4v) is 2.98. The summed E-state index contributed by atoms with van der Waals surface area (Å²) in [6.45, 7) is 8.58. The number of nitrogens with one attached hydrogen (secondary N) is 2. The maximum absolute atomic E-state index is 12.9. The molecule has 2 aromatic rings. The van der Waals surface area contributed by atoms with Crippen molar-refractivity contribution >= 4 is 0 Å². The minimum absolute atomic E-state index is 0.0240. The van der Waals surface area contributed by atoms with Crippen LogP contribution in [-0.4, -0.2) is 10.2 Å². The standard InChI is InChI=1S/C19H26F3N3/c1-12(2)9-14-5-7-15(8-6-14)17(13(3)4)23-10-16-11-24-25-18(16)19(20,21)22/h5-8,11-13,17,23H,9-10H2,1-4H3,(H,24,25). The van der Waals surface area contributed by atoms with Gasteiger partial charge in [0.15, 0.2) is 0 Å². The maximum atomic E-state index is 12.9. The molecule has 25 heavy (non-hydrogen) atoms. The number of nitrogens with zero attached hydrogens (tertiary/aromatic N) is 1. The minimum Gasteiger partial charge on any atom is -0.305 e. The van der Waals surface area contributed by atoms with Crippen molar-refractivity contribution in [2.24, 2.45) is 11.8 Å². The van der Waals surface area contributed by atoms with Crippen LogP contribution in [0.15, 0.2) is 30.5 Å². The van der Waals surface area contributed by atoms with E-state index in [0.717, 1.165) is 12.0 Å². The van der Waals surface area contributed by atoms with Gasteiger partial charge in [-0.2, -0.15) is 18.3 Å². The number of rotatable bonds is 7. The highest BCUT2D eigenvalue weighted by Crippen LogP contribution is 2.31. The Hall–Kier alpha value is -1.82. The number of aromatic nitrogens is 2. The lowest BCUT2D eigenvalue weighted by Gasteiger charge is -2.23. The highest BCUT2D eigenvalue weighted by Gasteiger charge is 2.35. The van der Waals surface area contributed by atoms with Gasteiger partial charge in [0.1, 0.15) is 5.69 Å². The highest BCUT2D eigenvalue weighted by molar-refractivity contribution is 5.26. The van der Waals surface area contributed by atoms with Crippen LogP contribution in [0.1, 0.15) is 56.1 Å². The first-order valence-electron chi connectivity index (χ1n) is 8.60. The largest absolute Gasteiger partial charge is 0.433 e. The lowest BCUT2D eigenvalue weighted by atomic mass is 9.93. The second-order valence-corrected chi connectivity index (χ2v) is 7.21. The van der Waals surface area contributed by atoms with Crippen LogP contribution < -0.4 is 5.32 Å². The highest BCUT2D eigenvalue weighted by atomic mass is 19.4. The summed E-state index contributed by atoms with van der Waals surface area (Å²) in [5.74, 6) is 0.837. The molecule has 1 aromatic heterocycles. The molecule has 1 heterocycles. The van der Waals surface area contributed by atoms with Gasteiger partial charge in [-0.3, -0.25) is 5.10 Å². The molecule has 1 aromatic carbocycles. The fourth-order valence-electron chi connectivity index (χ4n) is 2.98. The van der Waals surface area contributed by atoms with E-state index in [1.54, 1.807) is 0 Å². The molecule has 2 rings (SSSR count). The number of benzene rings is 1. The first kappa shape index (κ1) is 19.5. The van der Waals surface area contributed by atoms with Gasteiger partial charge in [0, 0.05) is 18.2 Å². The molecule has 0 spiro atoms. The lowest BCUT2D eigenvalue weighted by Crippen LogP contribution is -2.26. The SMILES string of the molecule is CC(C)Cc1ccc(C(NCc2cn[nH]c2C(F)(F)F)C(C)C)cc1. The van der Waals surface area contributed by atoms with Crippen LogP contribution in [-0.2, 0) is 19.1 Å². The number of aromatic amines is 1. The first-order valence-corrected chi connectivity index (χ1v) is 8.60. The molecular formula is C19H26F3N3. The van der Waals surface area contributed by atoms with E-state index in [0.29, 0.717) is 5.92 Å². The van der Waals surface area contributed by atoms with Crippen LogP contribution in [0.3, 0.4) is 0 Å². The Labute approximate surface area is 147 Å². The number of alkyl halides is 3. The van der Waals surface area contributed by atoms with E-state index in [9.17, 15) is 13.2 Å². The third kappa shape index (κ3) is 5.33. The molecule has 0 radical (unpaired) electrons. The summed E-state index contributed by atoms with van der Waals surface area (Å²) < 4.78 is 38.8. The van der Waals surface area contributed by atoms with E-state index >= 15 is 0 Å². The van der Waals surface area contributed by atoms with Crippen molar-refractivity contribution in [2.75, 3.05) is 0 Å². The quantitative estimate of drug-likeness (QED) is 0.726. The summed E-state index contributed by atoms with van der Waals surface area (Å²) in [5, 5.41) is 8.84. The molecule has 0 fully saturated rings. The van der Waals surface area contributed by atoms with Crippen molar-refractivity contribution < 1.29 is 13.2 Å². The number of H-pyrrole nitrogens is 1. The van der Waals surface area contributed by atoms with Gasteiger partial charge in [-0.05, 0) is 29.4 Å². The average Bonchev–Trinajstić information content (AvgIpc) is 2.97. The molecule has 6 heteroatoms. The molecule has 0 amide bonds. The molecule has 138 valence electrons. The predicted octanol–water partition coefficient (Wildman–Crippen LogP) is 5.11. The van der Waals surface area contributed by atoms with E-state index < -0.39 is 11.9 Å². The van der Waals surface area contributed by atoms with Gasteiger partial charge in [0.25, 0.3) is 0 Å². The zero-order valence-corrected chi connectivity index (χ0v) is 15.1. The Kier molecular flexibility index (Phi) is 6.27. The van der Waals surface area contributed by atoms with Gasteiger partial charge in [-0.25, -0.2) is 0 Å². The summed E-state index contributed by atoms with van der Waals surface area (Å²) >= 11 is 0. The summed E-state index contributed by atoms with van der Waals surface area (Å²) in [7, 11) is 0. The molecule has 1 atom stereocenters. The third-order valence-electron chi connectivity index (χ3n) is 4.16. The van der Waals surface area contributed by atoms with Gasteiger partial charge < -0.3 is 5.32 Å². The smallest absolute Gasteiger partial charge is 0.305 e. The van der Waals surface area contributed by atoms with Gasteiger partial charge in [0.2, 0.25) is 0 Å². The Morgan fingerprint density at radius 2 is 1.72 bits per heavy atom. The summed E-state index contributed by atoms with van der Waals surface area (Å²) in [6, 6.07) is 8.31. The molecule has 0 saturated carbocycles. The van der Waals surface area contributed by atoms with Crippen molar-refractivity contribution in [1.82, 2.24) is 15.5 Å². The third-order valence-corrected chi connectivity index (χ3v) is 4.16. The molecule has 0 bridgehead atoms. The normalized spacial score (nSPS) is 13.6. The van der Waals surface area contributed by atoms with Crippen LogP contribution >= 0.6 is 0 Å². The predicted molar refractivity (Wildman–Crippen MR) is 93.0 cm³/mol. The molecule has 0 aliphatic carbocycles. The second kappa shape index (κ2) is 8.04. The Morgan fingerprint density at radius 1 is 1.08 bits per heavy atom. The molecule has 1 unspecified atom stereocenters. The Morgan fingerprint density at radius 3 is 2.24 bits per heavy atom. The zero-order valence-electron chi connectivity index (χ0n) is 15.1. The van der Waals surface area contributed by atoms with E-state index in [-0.39, 0.29) is 24.1 Å². The minimum atomic E-state index is -4.42. The topological polar surface area (TPSA) is 40.7 Å². The van der Waals surface area contributed by atoms with Crippen molar-refractivity contribution in [3.05, 3.63) is 52.8 Å². The molecular weight excluding hydrogens is 327 g/mol. The first-order chi connectivity index (χ1) is 11.7. The van der Waals surface area contributed by atoms with E-state index in [2.05, 4.69) is 62.4 Å². The fraction of sp³-hybridized carbons (Fsp3) is 0.526. The van der Waals surface area contributed by atoms with Gasteiger partial charge in [0.05, 0.1) is 6.20 Å². The molecule has 3 nitrogen and oxygen atoms in total. The maximum Gasteiger partial charge on any atom is 0.433 e. The summed E-state index contributed by atoms with van der Waals surface area (Å²) in [6.07, 6.45) is -2.16. The van der Waals surface area contributed by atoms with Crippen LogP contribution in [0.5, 0.6) is 0 Å². The summed E-state index contributed by atoms with van der Waals surface area (Å²) in [4.78, 5) is 0. The van der Waals surface area contributed by atoms with Crippen molar-refractivity contribution in [3.8, 4) is 0 Å². The van der Waals surface area contributed by atoms with Crippen LogP contribution in [0, 0.1) is 11.8 Å².